The molecule has 0 saturated carbocycles. The van der Waals surface area contributed by atoms with Gasteiger partial charge in [-0.05, 0) is 84.0 Å². The monoisotopic (exact) mass is 1400 g/mol. The number of ether oxygens (including phenoxy) is 6. The van der Waals surface area contributed by atoms with Gasteiger partial charge in [0.15, 0.2) is 11.2 Å². The predicted octanol–water partition coefficient (Wildman–Crippen LogP) is 23.5. The summed E-state index contributed by atoms with van der Waals surface area (Å²) >= 11 is 0. The van der Waals surface area contributed by atoms with Crippen molar-refractivity contribution in [3.05, 3.63) is 24.3 Å². The number of carbonyl (C=O) groups excluding carboxylic acids is 6. The highest BCUT2D eigenvalue weighted by atomic mass is 16.6. The minimum Gasteiger partial charge on any atom is -0.466 e. The third kappa shape index (κ3) is 64.8. The highest BCUT2D eigenvalue weighted by Gasteiger charge is 2.45. The summed E-state index contributed by atoms with van der Waals surface area (Å²) in [5.74, 6) is -6.10. The van der Waals surface area contributed by atoms with Gasteiger partial charge < -0.3 is 38.6 Å². The molecule has 0 aliphatic carbocycles. The van der Waals surface area contributed by atoms with E-state index in [2.05, 4.69) is 52.0 Å². The molecule has 0 heterocycles. The van der Waals surface area contributed by atoms with E-state index in [4.69, 9.17) is 28.4 Å². The van der Waals surface area contributed by atoms with Crippen molar-refractivity contribution in [3.8, 4) is 0 Å². The number of hydrogen-bond acceptors (Lipinski definition) is 14. The number of allylic oxidation sites excluding steroid dienone is 4. The van der Waals surface area contributed by atoms with Gasteiger partial charge in [-0.2, -0.15) is 0 Å². The zero-order chi connectivity index (χ0) is 72.5. The molecule has 0 radical (unpaired) electrons. The number of aliphatic hydroxyl groups is 2. The highest BCUT2D eigenvalue weighted by molar-refractivity contribution is 5.91. The Balaban J connectivity index is 5.49. The van der Waals surface area contributed by atoms with Crippen molar-refractivity contribution in [2.24, 2.45) is 0 Å². The van der Waals surface area contributed by atoms with E-state index in [1.165, 1.54) is 219 Å². The molecule has 580 valence electrons. The normalized spacial score (nSPS) is 13.2. The second-order valence-electron chi connectivity index (χ2n) is 29.2. The summed E-state index contributed by atoms with van der Waals surface area (Å²) in [6, 6.07) is 0. The fourth-order valence-electron chi connectivity index (χ4n) is 12.6. The van der Waals surface area contributed by atoms with Crippen LogP contribution >= 0.6 is 0 Å². The molecule has 14 nitrogen and oxygen atoms in total. The van der Waals surface area contributed by atoms with Gasteiger partial charge in [0.2, 0.25) is 0 Å². The number of hydrogen-bond donors (Lipinski definition) is 2. The fourth-order valence-corrected chi connectivity index (χ4v) is 12.6. The lowest BCUT2D eigenvalue weighted by molar-refractivity contribution is -0.181. The summed E-state index contributed by atoms with van der Waals surface area (Å²) in [7, 11) is 0. The maximum atomic E-state index is 13.6. The number of unbranched alkanes of at least 4 members (excludes halogenated alkanes) is 52. The standard InChI is InChI=1S/C85H156O14/c1-6-10-14-18-22-26-30-34-38-41-45-49-53-56-60-64-68-94-78(86)72-84(92,82(90)96-70-66-62-58-54-50-46-42-39-35-31-27-23-19-15-11-7-2)74-80(88)98-76-77(5)99-81(89)75-85(93,73-79(87)95-69-65-61-57-52-48-44-37-33-29-25-21-17-13-9-4)83(91)97-71-67-63-59-55-51-47-43-40-36-32-28-24-20-16-12-8-3/h34-35,38-39,77,92-93H,6-33,36-37,40-76H2,1-5H3. The Morgan fingerprint density at radius 1 is 0.263 bits per heavy atom. The third-order valence-electron chi connectivity index (χ3n) is 19.1. The topological polar surface area (TPSA) is 198 Å². The first-order valence-electron chi connectivity index (χ1n) is 42.0. The van der Waals surface area contributed by atoms with Gasteiger partial charge in [-0.25, -0.2) is 9.59 Å². The molecule has 0 aromatic carbocycles. The van der Waals surface area contributed by atoms with Crippen LogP contribution in [0, 0.1) is 0 Å². The Kier molecular flexibility index (Phi) is 69.8. The highest BCUT2D eigenvalue weighted by Crippen LogP contribution is 2.25. The summed E-state index contributed by atoms with van der Waals surface area (Å²) in [5, 5.41) is 23.5. The minimum absolute atomic E-state index is 0.00255. The summed E-state index contributed by atoms with van der Waals surface area (Å²) in [6.07, 6.45) is 71.6. The van der Waals surface area contributed by atoms with Gasteiger partial charge in [-0.15, -0.1) is 0 Å². The molecule has 14 heteroatoms. The van der Waals surface area contributed by atoms with Crippen LogP contribution < -0.4 is 0 Å². The molecule has 0 aromatic rings. The molecule has 0 spiro atoms. The van der Waals surface area contributed by atoms with Crippen molar-refractivity contribution in [2.45, 2.75) is 450 Å². The van der Waals surface area contributed by atoms with E-state index in [0.717, 1.165) is 135 Å². The molecule has 0 fully saturated rings. The molecular formula is C85H156O14. The first-order chi connectivity index (χ1) is 48.3. The van der Waals surface area contributed by atoms with Crippen molar-refractivity contribution in [1.82, 2.24) is 0 Å². The maximum absolute atomic E-state index is 13.6. The van der Waals surface area contributed by atoms with Gasteiger partial charge in [-0.1, -0.05) is 347 Å². The van der Waals surface area contributed by atoms with Gasteiger partial charge in [0.25, 0.3) is 0 Å². The van der Waals surface area contributed by atoms with Crippen molar-refractivity contribution >= 4 is 35.8 Å². The van der Waals surface area contributed by atoms with Crippen LogP contribution in [0.4, 0.5) is 0 Å². The van der Waals surface area contributed by atoms with Gasteiger partial charge in [0.1, 0.15) is 12.7 Å². The van der Waals surface area contributed by atoms with Gasteiger partial charge in [0, 0.05) is 0 Å². The van der Waals surface area contributed by atoms with E-state index in [9.17, 15) is 39.0 Å². The minimum atomic E-state index is -2.59. The van der Waals surface area contributed by atoms with E-state index in [0.29, 0.717) is 25.7 Å². The zero-order valence-corrected chi connectivity index (χ0v) is 65.1. The van der Waals surface area contributed by atoms with Crippen LogP contribution in [-0.2, 0) is 57.2 Å². The van der Waals surface area contributed by atoms with Crippen LogP contribution in [0.25, 0.3) is 0 Å². The van der Waals surface area contributed by atoms with Crippen LogP contribution in [0.2, 0.25) is 0 Å². The van der Waals surface area contributed by atoms with Crippen molar-refractivity contribution in [3.63, 3.8) is 0 Å². The van der Waals surface area contributed by atoms with Crippen LogP contribution in [0.15, 0.2) is 24.3 Å². The van der Waals surface area contributed by atoms with Gasteiger partial charge >= 0.3 is 35.8 Å². The number of rotatable bonds is 77. The number of esters is 6. The Morgan fingerprint density at radius 3 is 0.697 bits per heavy atom. The molecule has 0 amide bonds. The molecular weight excluding hydrogens is 1240 g/mol. The lowest BCUT2D eigenvalue weighted by Gasteiger charge is -2.26. The Hall–Kier alpha value is -3.78. The summed E-state index contributed by atoms with van der Waals surface area (Å²) in [5.41, 5.74) is -5.18. The maximum Gasteiger partial charge on any atom is 0.339 e. The van der Waals surface area contributed by atoms with Gasteiger partial charge in [-0.3, -0.25) is 19.2 Å². The largest absolute Gasteiger partial charge is 0.466 e. The quantitative estimate of drug-likeness (QED) is 0.0252. The van der Waals surface area contributed by atoms with Gasteiger partial charge in [0.05, 0.1) is 52.1 Å². The molecule has 0 aliphatic rings. The first kappa shape index (κ1) is 95.2. The Morgan fingerprint density at radius 2 is 0.455 bits per heavy atom. The van der Waals surface area contributed by atoms with Crippen LogP contribution in [0.1, 0.15) is 433 Å². The third-order valence-corrected chi connectivity index (χ3v) is 19.1. The molecule has 0 saturated heterocycles. The SMILES string of the molecule is CCCCCCCCC=CCCCCCCCCOC(=O)CC(O)(CC(=O)OCC(C)OC(=O)CC(O)(CC(=O)OCCCCCCCCCCCCCCCC)C(=O)OCCCCCCCCCCCCCCCCCC)C(=O)OCCCCCCCCC=CCCCCCCCC. The molecule has 0 rings (SSSR count). The molecule has 0 aromatic heterocycles. The second kappa shape index (κ2) is 72.6. The van der Waals surface area contributed by atoms with E-state index >= 15 is 0 Å². The Bertz CT molecular complexity index is 1920. The van der Waals surface area contributed by atoms with E-state index in [1.54, 1.807) is 0 Å². The van der Waals surface area contributed by atoms with Crippen LogP contribution in [-0.4, -0.2) is 96.4 Å². The molecule has 2 N–H and O–H groups in total. The second-order valence-corrected chi connectivity index (χ2v) is 29.2. The summed E-state index contributed by atoms with van der Waals surface area (Å²) < 4.78 is 32.9. The molecule has 3 atom stereocenters. The van der Waals surface area contributed by atoms with Crippen molar-refractivity contribution in [1.29, 1.82) is 0 Å². The molecule has 0 bridgehead atoms. The van der Waals surface area contributed by atoms with Crippen LogP contribution in [0.3, 0.4) is 0 Å². The predicted molar refractivity (Wildman–Crippen MR) is 407 cm³/mol. The first-order valence-corrected chi connectivity index (χ1v) is 42.0. The number of carbonyl (C=O) groups is 6. The lowest BCUT2D eigenvalue weighted by Crippen LogP contribution is -2.45. The average Bonchev–Trinajstić information content (AvgIpc) is 0.853. The van der Waals surface area contributed by atoms with Crippen molar-refractivity contribution in [2.75, 3.05) is 33.0 Å². The Labute approximate surface area is 607 Å². The summed E-state index contributed by atoms with van der Waals surface area (Å²) in [4.78, 5) is 80.6. The van der Waals surface area contributed by atoms with E-state index in [-0.39, 0.29) is 26.4 Å². The lowest BCUT2D eigenvalue weighted by atomic mass is 9.95. The smallest absolute Gasteiger partial charge is 0.339 e. The average molecular weight is 1400 g/mol. The fraction of sp³-hybridized carbons (Fsp3) is 0.882. The summed E-state index contributed by atoms with van der Waals surface area (Å²) in [6.45, 7) is 10.1. The molecule has 0 aliphatic heterocycles. The zero-order valence-electron chi connectivity index (χ0n) is 65.1. The van der Waals surface area contributed by atoms with Crippen LogP contribution in [0.5, 0.6) is 0 Å². The molecule has 3 unspecified atom stereocenters. The van der Waals surface area contributed by atoms with E-state index < -0.39 is 85.4 Å². The molecule has 99 heavy (non-hydrogen) atoms. The van der Waals surface area contributed by atoms with E-state index in [1.807, 2.05) is 0 Å². The van der Waals surface area contributed by atoms with Crippen molar-refractivity contribution < 1.29 is 67.4 Å².